The van der Waals surface area contributed by atoms with Gasteiger partial charge in [-0.3, -0.25) is 9.59 Å². The number of esters is 1. The zero-order valence-electron chi connectivity index (χ0n) is 17.3. The third kappa shape index (κ3) is 6.79. The first-order valence-electron chi connectivity index (χ1n) is 9.21. The van der Waals surface area contributed by atoms with Crippen LogP contribution in [0.5, 0.6) is 23.0 Å². The van der Waals surface area contributed by atoms with Crippen LogP contribution < -0.4 is 19.1 Å². The molecule has 0 aliphatic heterocycles. The minimum atomic E-state index is -0.439. The van der Waals surface area contributed by atoms with Crippen LogP contribution in [-0.2, 0) is 14.5 Å². The third-order valence-corrected chi connectivity index (χ3v) is 3.78. The summed E-state index contributed by atoms with van der Waals surface area (Å²) in [6, 6.07) is 10.2. The van der Waals surface area contributed by atoms with Crippen LogP contribution in [-0.4, -0.2) is 32.6 Å². The predicted molar refractivity (Wildman–Crippen MR) is 113 cm³/mol. The molecule has 0 bridgehead atoms. The number of hydrogen-bond donors (Lipinski definition) is 0. The Morgan fingerprint density at radius 3 is 1.87 bits per heavy atom. The number of benzene rings is 2. The van der Waals surface area contributed by atoms with Crippen molar-refractivity contribution in [2.24, 2.45) is 0 Å². The SMILES string of the molecule is CCOOc1ccc(C=CC(=O)C=Cc2ccc(OC(C)=O)c(OC)c2)cc1OC. The van der Waals surface area contributed by atoms with Gasteiger partial charge in [0.2, 0.25) is 5.75 Å². The first-order chi connectivity index (χ1) is 14.5. The standard InChI is InChI=1S/C23H24O7/c1-5-28-30-21-13-9-18(15-23(21)27-4)7-11-19(25)10-6-17-8-12-20(29-16(2)24)22(14-17)26-3/h6-15H,5H2,1-4H3. The van der Waals surface area contributed by atoms with E-state index in [0.717, 1.165) is 11.1 Å². The lowest BCUT2D eigenvalue weighted by Gasteiger charge is -2.08. The summed E-state index contributed by atoms with van der Waals surface area (Å²) < 4.78 is 15.5. The second kappa shape index (κ2) is 11.4. The van der Waals surface area contributed by atoms with Gasteiger partial charge in [-0.25, -0.2) is 0 Å². The number of ketones is 1. The van der Waals surface area contributed by atoms with E-state index in [0.29, 0.717) is 29.6 Å². The third-order valence-electron chi connectivity index (χ3n) is 3.78. The highest BCUT2D eigenvalue weighted by atomic mass is 17.2. The first kappa shape index (κ1) is 22.7. The second-order valence-corrected chi connectivity index (χ2v) is 5.97. The molecule has 0 amide bonds. The monoisotopic (exact) mass is 412 g/mol. The van der Waals surface area contributed by atoms with Gasteiger partial charge < -0.3 is 19.1 Å². The van der Waals surface area contributed by atoms with Crippen LogP contribution in [0.15, 0.2) is 48.6 Å². The number of carbonyl (C=O) groups excluding carboxylic acids is 2. The van der Waals surface area contributed by atoms with Crippen molar-refractivity contribution in [1.29, 1.82) is 0 Å². The normalized spacial score (nSPS) is 10.9. The predicted octanol–water partition coefficient (Wildman–Crippen LogP) is 4.26. The van der Waals surface area contributed by atoms with Crippen LogP contribution in [0, 0.1) is 0 Å². The molecule has 0 heterocycles. The molecule has 0 saturated carbocycles. The number of rotatable bonds is 10. The Morgan fingerprint density at radius 2 is 1.37 bits per heavy atom. The Labute approximate surface area is 175 Å². The fourth-order valence-corrected chi connectivity index (χ4v) is 2.42. The molecule has 0 aliphatic rings. The molecular formula is C23H24O7. The molecule has 0 fully saturated rings. The molecule has 0 unspecified atom stereocenters. The summed E-state index contributed by atoms with van der Waals surface area (Å²) in [6.45, 7) is 3.53. The quantitative estimate of drug-likeness (QED) is 0.190. The molecule has 0 aromatic heterocycles. The van der Waals surface area contributed by atoms with Gasteiger partial charge in [-0.05, 0) is 54.5 Å². The van der Waals surface area contributed by atoms with E-state index < -0.39 is 5.97 Å². The van der Waals surface area contributed by atoms with Crippen molar-refractivity contribution >= 4 is 23.9 Å². The van der Waals surface area contributed by atoms with Crippen molar-refractivity contribution in [3.63, 3.8) is 0 Å². The van der Waals surface area contributed by atoms with Crippen molar-refractivity contribution in [3.05, 3.63) is 59.7 Å². The van der Waals surface area contributed by atoms with Gasteiger partial charge in [0.25, 0.3) is 0 Å². The summed E-state index contributed by atoms with van der Waals surface area (Å²) in [5.74, 6) is 1.02. The zero-order chi connectivity index (χ0) is 21.9. The van der Waals surface area contributed by atoms with Crippen LogP contribution in [0.2, 0.25) is 0 Å². The van der Waals surface area contributed by atoms with Gasteiger partial charge in [0.15, 0.2) is 23.0 Å². The van der Waals surface area contributed by atoms with Gasteiger partial charge in [-0.2, -0.15) is 4.89 Å². The largest absolute Gasteiger partial charge is 0.493 e. The van der Waals surface area contributed by atoms with Gasteiger partial charge in [0, 0.05) is 6.92 Å². The second-order valence-electron chi connectivity index (χ2n) is 5.97. The van der Waals surface area contributed by atoms with Crippen LogP contribution in [0.25, 0.3) is 12.2 Å². The molecule has 0 aliphatic carbocycles. The van der Waals surface area contributed by atoms with E-state index in [-0.39, 0.29) is 5.78 Å². The average Bonchev–Trinajstić information content (AvgIpc) is 2.75. The Morgan fingerprint density at radius 1 is 0.833 bits per heavy atom. The lowest BCUT2D eigenvalue weighted by molar-refractivity contribution is -0.203. The van der Waals surface area contributed by atoms with Crippen LogP contribution in [0.3, 0.4) is 0 Å². The lowest BCUT2D eigenvalue weighted by Crippen LogP contribution is -2.03. The number of methoxy groups -OCH3 is 2. The Kier molecular flexibility index (Phi) is 8.65. The molecule has 0 radical (unpaired) electrons. The number of allylic oxidation sites excluding steroid dienone is 2. The molecule has 2 aromatic carbocycles. The molecule has 0 saturated heterocycles. The topological polar surface area (TPSA) is 80.3 Å². The molecule has 7 nitrogen and oxygen atoms in total. The van der Waals surface area contributed by atoms with Gasteiger partial charge >= 0.3 is 5.97 Å². The molecular weight excluding hydrogens is 388 g/mol. The van der Waals surface area contributed by atoms with Gasteiger partial charge in [0.05, 0.1) is 20.8 Å². The van der Waals surface area contributed by atoms with Crippen molar-refractivity contribution in [2.45, 2.75) is 13.8 Å². The summed E-state index contributed by atoms with van der Waals surface area (Å²) in [7, 11) is 3.00. The van der Waals surface area contributed by atoms with E-state index >= 15 is 0 Å². The molecule has 2 aromatic rings. The lowest BCUT2D eigenvalue weighted by atomic mass is 10.1. The summed E-state index contributed by atoms with van der Waals surface area (Å²) >= 11 is 0. The number of hydrogen-bond acceptors (Lipinski definition) is 7. The zero-order valence-corrected chi connectivity index (χ0v) is 17.3. The molecule has 7 heteroatoms. The van der Waals surface area contributed by atoms with Crippen LogP contribution in [0.4, 0.5) is 0 Å². The Bertz CT molecular complexity index is 945. The maximum Gasteiger partial charge on any atom is 0.308 e. The number of carbonyl (C=O) groups is 2. The van der Waals surface area contributed by atoms with E-state index in [1.165, 1.54) is 33.3 Å². The summed E-state index contributed by atoms with van der Waals surface area (Å²) in [6.07, 6.45) is 6.19. The first-order valence-corrected chi connectivity index (χ1v) is 9.21. The van der Waals surface area contributed by atoms with Crippen molar-refractivity contribution in [1.82, 2.24) is 0 Å². The minimum absolute atomic E-state index is 0.202. The highest BCUT2D eigenvalue weighted by molar-refractivity contribution is 6.04. The molecule has 0 atom stereocenters. The highest BCUT2D eigenvalue weighted by Crippen LogP contribution is 2.29. The maximum atomic E-state index is 12.2. The van der Waals surface area contributed by atoms with Gasteiger partial charge in [-0.1, -0.05) is 24.3 Å². The minimum Gasteiger partial charge on any atom is -0.493 e. The van der Waals surface area contributed by atoms with Crippen LogP contribution in [0.1, 0.15) is 25.0 Å². The summed E-state index contributed by atoms with van der Waals surface area (Å²) in [4.78, 5) is 33.3. The summed E-state index contributed by atoms with van der Waals surface area (Å²) in [5, 5.41) is 0. The van der Waals surface area contributed by atoms with Crippen molar-refractivity contribution < 1.29 is 33.6 Å². The fraction of sp³-hybridized carbons (Fsp3) is 0.217. The van der Waals surface area contributed by atoms with E-state index in [1.807, 2.05) is 6.92 Å². The van der Waals surface area contributed by atoms with Crippen molar-refractivity contribution in [3.8, 4) is 23.0 Å². The van der Waals surface area contributed by atoms with E-state index in [2.05, 4.69) is 0 Å². The summed E-state index contributed by atoms with van der Waals surface area (Å²) in [5.41, 5.74) is 1.49. The Balaban J connectivity index is 2.07. The van der Waals surface area contributed by atoms with Gasteiger partial charge in [-0.15, -0.1) is 0 Å². The maximum absolute atomic E-state index is 12.2. The smallest absolute Gasteiger partial charge is 0.308 e. The molecule has 158 valence electrons. The van der Waals surface area contributed by atoms with E-state index in [9.17, 15) is 9.59 Å². The van der Waals surface area contributed by atoms with Crippen molar-refractivity contribution in [2.75, 3.05) is 20.8 Å². The van der Waals surface area contributed by atoms with E-state index in [1.54, 1.807) is 48.6 Å². The molecule has 2 rings (SSSR count). The highest BCUT2D eigenvalue weighted by Gasteiger charge is 2.08. The van der Waals surface area contributed by atoms with Crippen LogP contribution >= 0.6 is 0 Å². The van der Waals surface area contributed by atoms with Gasteiger partial charge in [0.1, 0.15) is 0 Å². The molecule has 0 spiro atoms. The average molecular weight is 412 g/mol. The Hall–Kier alpha value is -3.58. The number of ether oxygens (including phenoxy) is 3. The molecule has 0 N–H and O–H groups in total. The molecule has 30 heavy (non-hydrogen) atoms. The fourth-order valence-electron chi connectivity index (χ4n) is 2.42. The van der Waals surface area contributed by atoms with E-state index in [4.69, 9.17) is 24.0 Å².